The van der Waals surface area contributed by atoms with Gasteiger partial charge in [0.2, 0.25) is 11.8 Å². The number of benzene rings is 2. The van der Waals surface area contributed by atoms with E-state index in [1.165, 1.54) is 0 Å². The lowest BCUT2D eigenvalue weighted by atomic mass is 10.1. The highest BCUT2D eigenvalue weighted by atomic mass is 35.5. The number of ether oxygens (including phenoxy) is 2. The summed E-state index contributed by atoms with van der Waals surface area (Å²) in [4.78, 5) is 29.1. The number of anilines is 1. The summed E-state index contributed by atoms with van der Waals surface area (Å²) < 4.78 is 11.4. The van der Waals surface area contributed by atoms with Crippen LogP contribution in [0, 0.1) is 5.92 Å². The molecule has 2 heterocycles. The zero-order valence-corrected chi connectivity index (χ0v) is 17.0. The molecule has 6 nitrogen and oxygen atoms in total. The van der Waals surface area contributed by atoms with Gasteiger partial charge in [0.05, 0.1) is 5.92 Å². The molecule has 0 aromatic heterocycles. The molecule has 0 aliphatic carbocycles. The van der Waals surface area contributed by atoms with E-state index in [2.05, 4.69) is 0 Å². The van der Waals surface area contributed by atoms with Crippen LogP contribution in [-0.4, -0.2) is 43.0 Å². The molecule has 4 rings (SSSR count). The highest BCUT2D eigenvalue weighted by Crippen LogP contribution is 2.35. The normalized spacial score (nSPS) is 18.1. The number of carbonyl (C=O) groups is 2. The fourth-order valence-electron chi connectivity index (χ4n) is 3.83. The standard InChI is InChI=1S/C22H23ClN2O4/c1-2-24(13-15-5-3-8-19-21(15)29-10-9-28-19)22(27)16-11-20(26)25(14-16)18-7-4-6-17(23)12-18/h3-8,12,16H,2,9-11,13-14H2,1H3. The summed E-state index contributed by atoms with van der Waals surface area (Å²) in [6.45, 7) is 4.29. The van der Waals surface area contributed by atoms with Crippen LogP contribution in [0.4, 0.5) is 5.69 Å². The number of fused-ring (bicyclic) bond motifs is 1. The predicted octanol–water partition coefficient (Wildman–Crippen LogP) is 3.51. The van der Waals surface area contributed by atoms with Crippen molar-refractivity contribution in [1.82, 2.24) is 4.90 Å². The molecule has 2 aromatic rings. The molecule has 29 heavy (non-hydrogen) atoms. The molecular weight excluding hydrogens is 392 g/mol. The molecule has 2 amide bonds. The Hall–Kier alpha value is -2.73. The minimum absolute atomic E-state index is 0.0280. The van der Waals surface area contributed by atoms with Gasteiger partial charge < -0.3 is 19.3 Å². The van der Waals surface area contributed by atoms with Gasteiger partial charge in [0, 0.05) is 42.3 Å². The second kappa shape index (κ2) is 8.33. The fraction of sp³-hybridized carbons (Fsp3) is 0.364. The molecular formula is C22H23ClN2O4. The lowest BCUT2D eigenvalue weighted by Gasteiger charge is -2.27. The second-order valence-corrected chi connectivity index (χ2v) is 7.62. The van der Waals surface area contributed by atoms with Gasteiger partial charge in [-0.3, -0.25) is 9.59 Å². The first-order valence-corrected chi connectivity index (χ1v) is 10.2. The van der Waals surface area contributed by atoms with E-state index in [0.717, 1.165) is 11.3 Å². The number of para-hydroxylation sites is 1. The molecule has 2 aromatic carbocycles. The van der Waals surface area contributed by atoms with Gasteiger partial charge in [0.25, 0.3) is 0 Å². The van der Waals surface area contributed by atoms with Crippen molar-refractivity contribution in [3.05, 3.63) is 53.1 Å². The van der Waals surface area contributed by atoms with Crippen LogP contribution >= 0.6 is 11.6 Å². The molecule has 0 radical (unpaired) electrons. The van der Waals surface area contributed by atoms with Crippen LogP contribution in [-0.2, 0) is 16.1 Å². The van der Waals surface area contributed by atoms with E-state index < -0.39 is 0 Å². The van der Waals surface area contributed by atoms with E-state index >= 15 is 0 Å². The minimum atomic E-state index is -0.377. The Labute approximate surface area is 174 Å². The topological polar surface area (TPSA) is 59.1 Å². The summed E-state index contributed by atoms with van der Waals surface area (Å²) >= 11 is 6.06. The Balaban J connectivity index is 1.49. The molecule has 7 heteroatoms. The average molecular weight is 415 g/mol. The molecule has 1 atom stereocenters. The quantitative estimate of drug-likeness (QED) is 0.751. The number of nitrogens with zero attached hydrogens (tertiary/aromatic N) is 2. The van der Waals surface area contributed by atoms with Gasteiger partial charge >= 0.3 is 0 Å². The van der Waals surface area contributed by atoms with Crippen LogP contribution in [0.2, 0.25) is 5.02 Å². The van der Waals surface area contributed by atoms with Crippen molar-refractivity contribution < 1.29 is 19.1 Å². The predicted molar refractivity (Wildman–Crippen MR) is 110 cm³/mol. The van der Waals surface area contributed by atoms with Gasteiger partial charge in [-0.2, -0.15) is 0 Å². The molecule has 1 saturated heterocycles. The van der Waals surface area contributed by atoms with E-state index in [0.29, 0.717) is 49.4 Å². The summed E-state index contributed by atoms with van der Waals surface area (Å²) in [7, 11) is 0. The molecule has 1 unspecified atom stereocenters. The lowest BCUT2D eigenvalue weighted by Crippen LogP contribution is -2.37. The summed E-state index contributed by atoms with van der Waals surface area (Å²) in [6, 6.07) is 12.9. The third-order valence-corrected chi connectivity index (χ3v) is 5.53. The van der Waals surface area contributed by atoms with Crippen LogP contribution < -0.4 is 14.4 Å². The van der Waals surface area contributed by atoms with Gasteiger partial charge in [-0.05, 0) is 31.2 Å². The number of carbonyl (C=O) groups excluding carboxylic acids is 2. The highest BCUT2D eigenvalue weighted by molar-refractivity contribution is 6.31. The Bertz CT molecular complexity index is 933. The minimum Gasteiger partial charge on any atom is -0.486 e. The largest absolute Gasteiger partial charge is 0.486 e. The van der Waals surface area contributed by atoms with E-state index in [4.69, 9.17) is 21.1 Å². The first kappa shape index (κ1) is 19.6. The number of hydrogen-bond donors (Lipinski definition) is 0. The van der Waals surface area contributed by atoms with Gasteiger partial charge in [-0.25, -0.2) is 0 Å². The van der Waals surface area contributed by atoms with Gasteiger partial charge in [-0.15, -0.1) is 0 Å². The SMILES string of the molecule is CCN(Cc1cccc2c1OCCO2)C(=O)C1CC(=O)N(c2cccc(Cl)c2)C1. The summed E-state index contributed by atoms with van der Waals surface area (Å²) in [5.74, 6) is 0.946. The van der Waals surface area contributed by atoms with Crippen LogP contribution in [0.15, 0.2) is 42.5 Å². The van der Waals surface area contributed by atoms with E-state index in [-0.39, 0.29) is 24.2 Å². The first-order valence-electron chi connectivity index (χ1n) is 9.79. The van der Waals surface area contributed by atoms with Crippen LogP contribution in [0.5, 0.6) is 11.5 Å². The zero-order valence-electron chi connectivity index (χ0n) is 16.3. The van der Waals surface area contributed by atoms with Crippen molar-refractivity contribution in [3.8, 4) is 11.5 Å². The van der Waals surface area contributed by atoms with Crippen LogP contribution in [0.25, 0.3) is 0 Å². The van der Waals surface area contributed by atoms with Crippen molar-refractivity contribution in [2.75, 3.05) is 31.2 Å². The van der Waals surface area contributed by atoms with Crippen molar-refractivity contribution in [2.45, 2.75) is 19.9 Å². The van der Waals surface area contributed by atoms with Crippen molar-refractivity contribution >= 4 is 29.1 Å². The van der Waals surface area contributed by atoms with E-state index in [1.54, 1.807) is 28.0 Å². The molecule has 152 valence electrons. The molecule has 0 N–H and O–H groups in total. The maximum atomic E-state index is 13.2. The van der Waals surface area contributed by atoms with E-state index in [1.807, 2.05) is 31.2 Å². The third-order valence-electron chi connectivity index (χ3n) is 5.30. The van der Waals surface area contributed by atoms with Gasteiger partial charge in [0.15, 0.2) is 11.5 Å². The summed E-state index contributed by atoms with van der Waals surface area (Å²) in [5, 5.41) is 0.566. The Morgan fingerprint density at radius 1 is 1.21 bits per heavy atom. The number of amides is 2. The maximum Gasteiger partial charge on any atom is 0.228 e. The molecule has 0 saturated carbocycles. The highest BCUT2D eigenvalue weighted by Gasteiger charge is 2.37. The molecule has 2 aliphatic rings. The Morgan fingerprint density at radius 2 is 2.00 bits per heavy atom. The molecule has 1 fully saturated rings. The molecule has 2 aliphatic heterocycles. The number of hydrogen-bond acceptors (Lipinski definition) is 4. The van der Waals surface area contributed by atoms with Crippen molar-refractivity contribution in [1.29, 1.82) is 0 Å². The van der Waals surface area contributed by atoms with Gasteiger partial charge in [-0.1, -0.05) is 29.8 Å². The van der Waals surface area contributed by atoms with Crippen molar-refractivity contribution in [3.63, 3.8) is 0 Å². The lowest BCUT2D eigenvalue weighted by molar-refractivity contribution is -0.136. The maximum absolute atomic E-state index is 13.2. The Kier molecular flexibility index (Phi) is 5.62. The molecule has 0 spiro atoms. The van der Waals surface area contributed by atoms with Crippen LogP contribution in [0.3, 0.4) is 0 Å². The second-order valence-electron chi connectivity index (χ2n) is 7.18. The monoisotopic (exact) mass is 414 g/mol. The zero-order chi connectivity index (χ0) is 20.4. The fourth-order valence-corrected chi connectivity index (χ4v) is 4.02. The number of halogens is 1. The first-order chi connectivity index (χ1) is 14.1. The van der Waals surface area contributed by atoms with E-state index in [9.17, 15) is 9.59 Å². The smallest absolute Gasteiger partial charge is 0.228 e. The Morgan fingerprint density at radius 3 is 2.79 bits per heavy atom. The molecule has 0 bridgehead atoms. The van der Waals surface area contributed by atoms with Gasteiger partial charge in [0.1, 0.15) is 13.2 Å². The summed E-state index contributed by atoms with van der Waals surface area (Å²) in [5.41, 5.74) is 1.64. The summed E-state index contributed by atoms with van der Waals surface area (Å²) in [6.07, 6.45) is 0.203. The third kappa shape index (κ3) is 4.03. The van der Waals surface area contributed by atoms with Crippen molar-refractivity contribution in [2.24, 2.45) is 5.92 Å². The average Bonchev–Trinajstić information content (AvgIpc) is 3.13. The van der Waals surface area contributed by atoms with Crippen LogP contribution in [0.1, 0.15) is 18.9 Å². The number of rotatable bonds is 5.